The Hall–Kier alpha value is -1.75. The van der Waals surface area contributed by atoms with Gasteiger partial charge in [0.05, 0.1) is 12.2 Å². The molecular weight excluding hydrogens is 232 g/mol. The van der Waals surface area contributed by atoms with Gasteiger partial charge in [-0.2, -0.15) is 0 Å². The molecule has 1 amide bonds. The fourth-order valence-corrected chi connectivity index (χ4v) is 1.54. The topological polar surface area (TPSA) is 64.8 Å². The van der Waals surface area contributed by atoms with Crippen molar-refractivity contribution in [2.24, 2.45) is 0 Å². The highest BCUT2D eigenvalue weighted by Gasteiger charge is 2.16. The second-order valence-electron chi connectivity index (χ2n) is 4.34. The SMILES string of the molecule is COCC(C)Oc1cc(N)ccc1C(=O)N(C)C. The average molecular weight is 252 g/mol. The Bertz CT molecular complexity index is 419. The van der Waals surface area contributed by atoms with Gasteiger partial charge in [0, 0.05) is 33.0 Å². The lowest BCUT2D eigenvalue weighted by Crippen LogP contribution is -2.24. The lowest BCUT2D eigenvalue weighted by atomic mass is 10.1. The van der Waals surface area contributed by atoms with Crippen LogP contribution < -0.4 is 10.5 Å². The molecule has 0 bridgehead atoms. The van der Waals surface area contributed by atoms with Crippen molar-refractivity contribution in [1.82, 2.24) is 4.90 Å². The largest absolute Gasteiger partial charge is 0.487 e. The number of hydrogen-bond acceptors (Lipinski definition) is 4. The molecule has 0 aliphatic rings. The molecule has 0 saturated heterocycles. The van der Waals surface area contributed by atoms with Crippen LogP contribution in [0.3, 0.4) is 0 Å². The molecule has 5 heteroatoms. The van der Waals surface area contributed by atoms with Crippen LogP contribution in [0.5, 0.6) is 5.75 Å². The van der Waals surface area contributed by atoms with Gasteiger partial charge in [0.2, 0.25) is 0 Å². The number of carbonyl (C=O) groups excluding carboxylic acids is 1. The summed E-state index contributed by atoms with van der Waals surface area (Å²) in [5, 5.41) is 0. The van der Waals surface area contributed by atoms with E-state index < -0.39 is 0 Å². The second kappa shape index (κ2) is 6.26. The molecule has 0 heterocycles. The molecule has 5 nitrogen and oxygen atoms in total. The fraction of sp³-hybridized carbons (Fsp3) is 0.462. The van der Waals surface area contributed by atoms with Crippen molar-refractivity contribution in [3.63, 3.8) is 0 Å². The third-order valence-corrected chi connectivity index (χ3v) is 2.37. The van der Waals surface area contributed by atoms with Gasteiger partial charge < -0.3 is 20.1 Å². The van der Waals surface area contributed by atoms with Crippen LogP contribution in [0.25, 0.3) is 0 Å². The van der Waals surface area contributed by atoms with Crippen molar-refractivity contribution < 1.29 is 14.3 Å². The number of ether oxygens (including phenoxy) is 2. The summed E-state index contributed by atoms with van der Waals surface area (Å²) in [6.45, 7) is 2.32. The van der Waals surface area contributed by atoms with E-state index >= 15 is 0 Å². The molecule has 2 N–H and O–H groups in total. The maximum absolute atomic E-state index is 12.0. The number of anilines is 1. The maximum atomic E-state index is 12.0. The van der Waals surface area contributed by atoms with Crippen molar-refractivity contribution in [3.05, 3.63) is 23.8 Å². The zero-order chi connectivity index (χ0) is 13.7. The van der Waals surface area contributed by atoms with E-state index in [-0.39, 0.29) is 12.0 Å². The van der Waals surface area contributed by atoms with E-state index in [1.807, 2.05) is 6.92 Å². The molecule has 0 fully saturated rings. The first-order valence-corrected chi connectivity index (χ1v) is 5.72. The Morgan fingerprint density at radius 3 is 2.67 bits per heavy atom. The Balaban J connectivity index is 3.00. The van der Waals surface area contributed by atoms with E-state index in [4.69, 9.17) is 15.2 Å². The minimum absolute atomic E-state index is 0.116. The Kier molecular flexibility index (Phi) is 4.97. The lowest BCUT2D eigenvalue weighted by Gasteiger charge is -2.18. The van der Waals surface area contributed by atoms with Crippen LogP contribution in [-0.4, -0.2) is 44.7 Å². The van der Waals surface area contributed by atoms with Gasteiger partial charge in [-0.25, -0.2) is 0 Å². The number of benzene rings is 1. The molecule has 18 heavy (non-hydrogen) atoms. The second-order valence-corrected chi connectivity index (χ2v) is 4.34. The Morgan fingerprint density at radius 2 is 2.11 bits per heavy atom. The smallest absolute Gasteiger partial charge is 0.257 e. The fourth-order valence-electron chi connectivity index (χ4n) is 1.54. The minimum Gasteiger partial charge on any atom is -0.487 e. The standard InChI is InChI=1S/C13H20N2O3/c1-9(8-17-4)18-12-7-10(14)5-6-11(12)13(16)15(2)3/h5-7,9H,8,14H2,1-4H3. The maximum Gasteiger partial charge on any atom is 0.257 e. The van der Waals surface area contributed by atoms with Gasteiger partial charge in [0.15, 0.2) is 0 Å². The molecule has 1 rings (SSSR count). The molecular formula is C13H20N2O3. The van der Waals surface area contributed by atoms with Gasteiger partial charge in [0.1, 0.15) is 11.9 Å². The number of amides is 1. The van der Waals surface area contributed by atoms with Gasteiger partial charge in [0.25, 0.3) is 5.91 Å². The van der Waals surface area contributed by atoms with Gasteiger partial charge in [-0.05, 0) is 19.1 Å². The van der Waals surface area contributed by atoms with E-state index in [0.717, 1.165) is 0 Å². The summed E-state index contributed by atoms with van der Waals surface area (Å²) < 4.78 is 10.7. The highest BCUT2D eigenvalue weighted by molar-refractivity contribution is 5.97. The Labute approximate surface area is 107 Å². The summed E-state index contributed by atoms with van der Waals surface area (Å²) in [6, 6.07) is 5.01. The van der Waals surface area contributed by atoms with Gasteiger partial charge in [-0.1, -0.05) is 0 Å². The summed E-state index contributed by atoms with van der Waals surface area (Å²) in [5.41, 5.74) is 6.77. The van der Waals surface area contributed by atoms with E-state index in [1.165, 1.54) is 4.90 Å². The summed E-state index contributed by atoms with van der Waals surface area (Å²) in [7, 11) is 4.99. The molecule has 0 aliphatic carbocycles. The molecule has 0 spiro atoms. The summed E-state index contributed by atoms with van der Waals surface area (Å²) >= 11 is 0. The first-order chi connectivity index (χ1) is 8.45. The quantitative estimate of drug-likeness (QED) is 0.804. The molecule has 1 aromatic carbocycles. The van der Waals surface area contributed by atoms with Crippen molar-refractivity contribution in [2.45, 2.75) is 13.0 Å². The molecule has 0 radical (unpaired) electrons. The number of methoxy groups -OCH3 is 1. The first-order valence-electron chi connectivity index (χ1n) is 5.72. The number of hydrogen-bond donors (Lipinski definition) is 1. The van der Waals surface area contributed by atoms with Crippen molar-refractivity contribution in [1.29, 1.82) is 0 Å². The number of carbonyl (C=O) groups is 1. The van der Waals surface area contributed by atoms with Crippen LogP contribution in [0, 0.1) is 0 Å². The number of rotatable bonds is 5. The van der Waals surface area contributed by atoms with Crippen LogP contribution in [0.15, 0.2) is 18.2 Å². The summed E-state index contributed by atoms with van der Waals surface area (Å²) in [4.78, 5) is 13.5. The molecule has 0 aromatic heterocycles. The van der Waals surface area contributed by atoms with Gasteiger partial charge in [-0.15, -0.1) is 0 Å². The molecule has 1 aromatic rings. The zero-order valence-corrected chi connectivity index (χ0v) is 11.3. The number of nitrogens with two attached hydrogens (primary N) is 1. The van der Waals surface area contributed by atoms with Crippen molar-refractivity contribution >= 4 is 11.6 Å². The number of nitrogen functional groups attached to an aromatic ring is 1. The van der Waals surface area contributed by atoms with E-state index in [2.05, 4.69) is 0 Å². The van der Waals surface area contributed by atoms with Crippen LogP contribution in [0.4, 0.5) is 5.69 Å². The first kappa shape index (κ1) is 14.3. The molecule has 0 saturated carbocycles. The van der Waals surface area contributed by atoms with Gasteiger partial charge >= 0.3 is 0 Å². The van der Waals surface area contributed by atoms with Crippen LogP contribution >= 0.6 is 0 Å². The van der Waals surface area contributed by atoms with Crippen molar-refractivity contribution in [2.75, 3.05) is 33.5 Å². The lowest BCUT2D eigenvalue weighted by molar-refractivity contribution is 0.0790. The van der Waals surface area contributed by atoms with Crippen LogP contribution in [-0.2, 0) is 4.74 Å². The summed E-state index contributed by atoms with van der Waals surface area (Å²) in [5.74, 6) is 0.368. The van der Waals surface area contributed by atoms with E-state index in [9.17, 15) is 4.79 Å². The van der Waals surface area contributed by atoms with Crippen LogP contribution in [0.1, 0.15) is 17.3 Å². The molecule has 100 valence electrons. The normalized spacial score (nSPS) is 12.0. The third-order valence-electron chi connectivity index (χ3n) is 2.37. The van der Waals surface area contributed by atoms with E-state index in [1.54, 1.807) is 39.4 Å². The van der Waals surface area contributed by atoms with Crippen LogP contribution in [0.2, 0.25) is 0 Å². The predicted octanol–water partition coefficient (Wildman–Crippen LogP) is 1.38. The summed E-state index contributed by atoms with van der Waals surface area (Å²) in [6.07, 6.45) is -0.148. The van der Waals surface area contributed by atoms with Gasteiger partial charge in [-0.3, -0.25) is 4.79 Å². The molecule has 1 unspecified atom stereocenters. The predicted molar refractivity (Wildman–Crippen MR) is 70.8 cm³/mol. The minimum atomic E-state index is -0.148. The average Bonchev–Trinajstić information content (AvgIpc) is 2.28. The highest BCUT2D eigenvalue weighted by atomic mass is 16.5. The van der Waals surface area contributed by atoms with Crippen molar-refractivity contribution in [3.8, 4) is 5.75 Å². The zero-order valence-electron chi connectivity index (χ0n) is 11.3. The Morgan fingerprint density at radius 1 is 1.44 bits per heavy atom. The third kappa shape index (κ3) is 3.63. The molecule has 0 aliphatic heterocycles. The number of nitrogens with zero attached hydrogens (tertiary/aromatic N) is 1. The molecule has 1 atom stereocenters. The highest BCUT2D eigenvalue weighted by Crippen LogP contribution is 2.24. The van der Waals surface area contributed by atoms with E-state index in [0.29, 0.717) is 23.6 Å². The monoisotopic (exact) mass is 252 g/mol.